The topological polar surface area (TPSA) is 112 Å². The molecular formula is C25H25F2N7O3. The van der Waals surface area contributed by atoms with Crippen LogP contribution >= 0.6 is 0 Å². The summed E-state index contributed by atoms with van der Waals surface area (Å²) < 4.78 is 37.5. The van der Waals surface area contributed by atoms with Gasteiger partial charge in [0.2, 0.25) is 5.89 Å². The van der Waals surface area contributed by atoms with Crippen LogP contribution in [0, 0.1) is 0 Å². The number of amides is 1. The monoisotopic (exact) mass is 509 g/mol. The molecule has 4 aromatic rings. The fourth-order valence-corrected chi connectivity index (χ4v) is 3.96. The van der Waals surface area contributed by atoms with Gasteiger partial charge in [-0.1, -0.05) is 17.3 Å². The molecule has 1 amide bonds. The number of aromatic nitrogens is 6. The Bertz CT molecular complexity index is 1410. The zero-order valence-electron chi connectivity index (χ0n) is 20.6. The van der Waals surface area contributed by atoms with Gasteiger partial charge in [-0.05, 0) is 56.5 Å². The molecule has 0 radical (unpaired) electrons. The molecule has 0 N–H and O–H groups in total. The highest BCUT2D eigenvalue weighted by atomic mass is 19.3. The third-order valence-electron chi connectivity index (χ3n) is 5.73. The number of rotatable bonds is 5. The highest BCUT2D eigenvalue weighted by Gasteiger charge is 2.26. The van der Waals surface area contributed by atoms with E-state index in [0.717, 1.165) is 17.5 Å². The third-order valence-corrected chi connectivity index (χ3v) is 5.73. The second kappa shape index (κ2) is 9.68. The minimum Gasteiger partial charge on any atom is -0.444 e. The average molecular weight is 510 g/mol. The normalized spacial score (nSPS) is 13.6. The number of hydrogen-bond donors (Lipinski definition) is 0. The van der Waals surface area contributed by atoms with Crippen molar-refractivity contribution in [3.63, 3.8) is 0 Å². The van der Waals surface area contributed by atoms with Gasteiger partial charge in [-0.25, -0.2) is 9.48 Å². The smallest absolute Gasteiger partial charge is 0.410 e. The summed E-state index contributed by atoms with van der Waals surface area (Å²) in [5, 5.41) is 15.4. The van der Waals surface area contributed by atoms with Crippen LogP contribution in [0.4, 0.5) is 13.6 Å². The summed E-state index contributed by atoms with van der Waals surface area (Å²) >= 11 is 0. The van der Waals surface area contributed by atoms with Crippen molar-refractivity contribution in [2.75, 3.05) is 6.54 Å². The van der Waals surface area contributed by atoms with Gasteiger partial charge in [0.25, 0.3) is 5.89 Å². The molecule has 3 aromatic heterocycles. The second-order valence-corrected chi connectivity index (χ2v) is 9.72. The first-order valence-corrected chi connectivity index (χ1v) is 11.7. The molecule has 0 aliphatic carbocycles. The van der Waals surface area contributed by atoms with E-state index in [1.54, 1.807) is 21.7 Å². The predicted octanol–water partition coefficient (Wildman–Crippen LogP) is 4.67. The molecule has 0 spiro atoms. The molecule has 1 aromatic carbocycles. The number of pyridine rings is 1. The predicted molar refractivity (Wildman–Crippen MR) is 127 cm³/mol. The van der Waals surface area contributed by atoms with Gasteiger partial charge in [-0.3, -0.25) is 4.98 Å². The lowest BCUT2D eigenvalue weighted by molar-refractivity contribution is 0.0224. The maximum atomic E-state index is 12.7. The Hall–Kier alpha value is -4.22. The largest absolute Gasteiger partial charge is 0.444 e. The highest BCUT2D eigenvalue weighted by molar-refractivity contribution is 5.69. The molecule has 0 fully saturated rings. The highest BCUT2D eigenvalue weighted by Crippen LogP contribution is 2.27. The van der Waals surface area contributed by atoms with Crippen LogP contribution < -0.4 is 0 Å². The van der Waals surface area contributed by atoms with Crippen molar-refractivity contribution in [2.24, 2.45) is 0 Å². The van der Waals surface area contributed by atoms with Crippen molar-refractivity contribution in [3.8, 4) is 22.7 Å². The molecule has 0 saturated carbocycles. The Morgan fingerprint density at radius 3 is 2.62 bits per heavy atom. The standard InChI is InChI=1S/C25H25F2N7O3/c1-25(2,3)37-24(35)33-9-8-15-4-5-16(10-18(15)12-33)20-14-34(32-29-20)13-19-7-6-17(11-28-19)22-30-31-23(36-22)21(26)27/h4-7,10-11,14,21H,8-9,12-13H2,1-3H3. The molecule has 37 heavy (non-hydrogen) atoms. The molecule has 12 heteroatoms. The summed E-state index contributed by atoms with van der Waals surface area (Å²) in [5.41, 5.74) is 4.42. The Labute approximate surface area is 211 Å². The van der Waals surface area contributed by atoms with Gasteiger partial charge in [0, 0.05) is 24.8 Å². The Balaban J connectivity index is 1.26. The van der Waals surface area contributed by atoms with Gasteiger partial charge in [0.1, 0.15) is 11.3 Å². The zero-order chi connectivity index (χ0) is 26.2. The van der Waals surface area contributed by atoms with Crippen molar-refractivity contribution < 1.29 is 22.7 Å². The maximum absolute atomic E-state index is 12.7. The minimum atomic E-state index is -2.82. The van der Waals surface area contributed by atoms with Crippen molar-refractivity contribution in [1.29, 1.82) is 0 Å². The van der Waals surface area contributed by atoms with E-state index >= 15 is 0 Å². The number of alkyl halides is 2. The molecule has 1 aliphatic heterocycles. The fourth-order valence-electron chi connectivity index (χ4n) is 3.96. The number of carbonyl (C=O) groups excluding carboxylic acids is 1. The summed E-state index contributed by atoms with van der Waals surface area (Å²) in [6.07, 6.45) is 0.917. The number of carbonyl (C=O) groups is 1. The van der Waals surface area contributed by atoms with Crippen molar-refractivity contribution >= 4 is 6.09 Å². The van der Waals surface area contributed by atoms with Gasteiger partial charge in [-0.15, -0.1) is 15.3 Å². The second-order valence-electron chi connectivity index (χ2n) is 9.72. The molecule has 0 saturated heterocycles. The van der Waals surface area contributed by atoms with E-state index in [1.807, 2.05) is 39.1 Å². The first-order valence-electron chi connectivity index (χ1n) is 11.7. The maximum Gasteiger partial charge on any atom is 0.410 e. The van der Waals surface area contributed by atoms with Crippen LogP contribution in [0.15, 0.2) is 47.1 Å². The number of nitrogens with zero attached hydrogens (tertiary/aromatic N) is 7. The Kier molecular flexibility index (Phi) is 6.40. The van der Waals surface area contributed by atoms with Crippen LogP contribution in [-0.2, 0) is 24.2 Å². The van der Waals surface area contributed by atoms with Gasteiger partial charge in [0.05, 0.1) is 24.0 Å². The van der Waals surface area contributed by atoms with Crippen molar-refractivity contribution in [1.82, 2.24) is 35.1 Å². The number of fused-ring (bicyclic) bond motifs is 1. The lowest BCUT2D eigenvalue weighted by Crippen LogP contribution is -2.39. The minimum absolute atomic E-state index is 0.0185. The molecule has 192 valence electrons. The summed E-state index contributed by atoms with van der Waals surface area (Å²) in [4.78, 5) is 18.6. The van der Waals surface area contributed by atoms with Crippen molar-refractivity contribution in [3.05, 3.63) is 65.4 Å². The van der Waals surface area contributed by atoms with E-state index in [4.69, 9.17) is 9.15 Å². The number of ether oxygens (including phenoxy) is 1. The Morgan fingerprint density at radius 2 is 1.92 bits per heavy atom. The van der Waals surface area contributed by atoms with E-state index in [9.17, 15) is 13.6 Å². The molecule has 5 rings (SSSR count). The summed E-state index contributed by atoms with van der Waals surface area (Å²) in [6.45, 7) is 7.01. The number of benzene rings is 1. The summed E-state index contributed by atoms with van der Waals surface area (Å²) in [6, 6.07) is 9.50. The molecule has 0 unspecified atom stereocenters. The molecule has 0 bridgehead atoms. The van der Waals surface area contributed by atoms with Gasteiger partial charge in [-0.2, -0.15) is 8.78 Å². The molecule has 1 aliphatic rings. The van der Waals surface area contributed by atoms with E-state index < -0.39 is 17.9 Å². The van der Waals surface area contributed by atoms with E-state index in [2.05, 4.69) is 31.6 Å². The van der Waals surface area contributed by atoms with Gasteiger partial charge < -0.3 is 14.1 Å². The van der Waals surface area contributed by atoms with Crippen LogP contribution in [0.3, 0.4) is 0 Å². The first-order chi connectivity index (χ1) is 17.6. The SMILES string of the molecule is CC(C)(C)OC(=O)N1CCc2ccc(-c3cn(Cc4ccc(-c5nnc(C(F)F)o5)cn4)nn3)cc2C1. The molecular weight excluding hydrogens is 484 g/mol. The van der Waals surface area contributed by atoms with Gasteiger partial charge >= 0.3 is 12.5 Å². The van der Waals surface area contributed by atoms with E-state index in [-0.39, 0.29) is 12.0 Å². The van der Waals surface area contributed by atoms with Crippen LogP contribution in [0.5, 0.6) is 0 Å². The fraction of sp³-hybridized carbons (Fsp3) is 0.360. The quantitative estimate of drug-likeness (QED) is 0.382. The number of hydrogen-bond acceptors (Lipinski definition) is 8. The Morgan fingerprint density at radius 1 is 1.11 bits per heavy atom. The average Bonchev–Trinajstić information content (AvgIpc) is 3.53. The summed E-state index contributed by atoms with van der Waals surface area (Å²) in [5.74, 6) is -0.746. The molecule has 0 atom stereocenters. The van der Waals surface area contributed by atoms with Crippen molar-refractivity contribution in [2.45, 2.75) is 52.3 Å². The van der Waals surface area contributed by atoms with Crippen LogP contribution in [-0.4, -0.2) is 53.3 Å². The first kappa shape index (κ1) is 24.5. The third kappa shape index (κ3) is 5.63. The zero-order valence-corrected chi connectivity index (χ0v) is 20.6. The van der Waals surface area contributed by atoms with Gasteiger partial charge in [0.15, 0.2) is 0 Å². The van der Waals surface area contributed by atoms with Crippen LogP contribution in [0.25, 0.3) is 22.7 Å². The van der Waals surface area contributed by atoms with E-state index in [1.165, 1.54) is 11.8 Å². The van der Waals surface area contributed by atoms with Crippen LogP contribution in [0.2, 0.25) is 0 Å². The lowest BCUT2D eigenvalue weighted by Gasteiger charge is -2.31. The lowest BCUT2D eigenvalue weighted by atomic mass is 9.97. The molecule has 4 heterocycles. The molecule has 10 nitrogen and oxygen atoms in total. The van der Waals surface area contributed by atoms with Crippen LogP contribution in [0.1, 0.15) is 49.9 Å². The van der Waals surface area contributed by atoms with E-state index in [0.29, 0.717) is 36.6 Å². The number of halogens is 2. The summed E-state index contributed by atoms with van der Waals surface area (Å²) in [7, 11) is 0.